The third-order valence-electron chi connectivity index (χ3n) is 3.79. The molecule has 20 heavy (non-hydrogen) atoms. The van der Waals surface area contributed by atoms with Gasteiger partial charge in [0.15, 0.2) is 0 Å². The van der Waals surface area contributed by atoms with Gasteiger partial charge in [-0.05, 0) is 37.3 Å². The highest BCUT2D eigenvalue weighted by molar-refractivity contribution is 6.15. The van der Waals surface area contributed by atoms with Crippen LogP contribution in [-0.4, -0.2) is 22.3 Å². The van der Waals surface area contributed by atoms with Crippen LogP contribution in [0.4, 0.5) is 11.5 Å². The molecule has 4 rings (SSSR count). The maximum absolute atomic E-state index is 12.4. The third kappa shape index (κ3) is 1.36. The van der Waals surface area contributed by atoms with Crippen LogP contribution in [0, 0.1) is 0 Å². The van der Waals surface area contributed by atoms with Crippen LogP contribution in [0.25, 0.3) is 11.8 Å². The zero-order chi connectivity index (χ0) is 13.7. The van der Waals surface area contributed by atoms with E-state index < -0.39 is 0 Å². The summed E-state index contributed by atoms with van der Waals surface area (Å²) in [5, 5.41) is 3.34. The predicted octanol–water partition coefficient (Wildman–Crippen LogP) is 3.11. The molecule has 0 fully saturated rings. The zero-order valence-electron chi connectivity index (χ0n) is 11.1. The molecule has 98 valence electrons. The fourth-order valence-electron chi connectivity index (χ4n) is 2.88. The molecule has 4 nitrogen and oxygen atoms in total. The van der Waals surface area contributed by atoms with Gasteiger partial charge in [0.2, 0.25) is 0 Å². The van der Waals surface area contributed by atoms with E-state index in [9.17, 15) is 4.79 Å². The van der Waals surface area contributed by atoms with Gasteiger partial charge in [-0.2, -0.15) is 0 Å². The van der Waals surface area contributed by atoms with Crippen molar-refractivity contribution in [1.82, 2.24) is 9.88 Å². The third-order valence-corrected chi connectivity index (χ3v) is 3.79. The van der Waals surface area contributed by atoms with Crippen molar-refractivity contribution < 1.29 is 4.79 Å². The first-order valence-corrected chi connectivity index (χ1v) is 6.68. The summed E-state index contributed by atoms with van der Waals surface area (Å²) in [6.07, 6.45) is 3.81. The minimum Gasteiger partial charge on any atom is -0.339 e. The summed E-state index contributed by atoms with van der Waals surface area (Å²) in [7, 11) is 0. The summed E-state index contributed by atoms with van der Waals surface area (Å²) in [5.74, 6) is 0.899. The van der Waals surface area contributed by atoms with Crippen molar-refractivity contribution in [3.63, 3.8) is 0 Å². The zero-order valence-corrected chi connectivity index (χ0v) is 11.1. The summed E-state index contributed by atoms with van der Waals surface area (Å²) in [6.45, 7) is 2.65. The molecule has 1 aromatic carbocycles. The molecule has 2 aliphatic heterocycles. The Balaban J connectivity index is 2.05. The molecule has 1 aromatic heterocycles. The van der Waals surface area contributed by atoms with E-state index in [0.717, 1.165) is 33.9 Å². The van der Waals surface area contributed by atoms with Crippen molar-refractivity contribution in [2.45, 2.75) is 6.92 Å². The Morgan fingerprint density at radius 2 is 2.15 bits per heavy atom. The van der Waals surface area contributed by atoms with Crippen molar-refractivity contribution in [3.05, 3.63) is 53.2 Å². The molecule has 0 spiro atoms. The molecule has 0 bridgehead atoms. The van der Waals surface area contributed by atoms with Crippen LogP contribution in [0.15, 0.2) is 36.5 Å². The molecule has 4 heteroatoms. The molecule has 1 N–H and O–H groups in total. The van der Waals surface area contributed by atoms with Crippen LogP contribution >= 0.6 is 0 Å². The van der Waals surface area contributed by atoms with E-state index in [0.29, 0.717) is 6.54 Å². The second-order valence-electron chi connectivity index (χ2n) is 4.87. The lowest BCUT2D eigenvalue weighted by Crippen LogP contribution is -2.22. The van der Waals surface area contributed by atoms with Gasteiger partial charge in [0.05, 0.1) is 11.3 Å². The van der Waals surface area contributed by atoms with Crippen LogP contribution < -0.4 is 5.32 Å². The molecular formula is C16H13N3O. The number of rotatable bonds is 1. The number of amides is 1. The Bertz CT molecular complexity index is 764. The van der Waals surface area contributed by atoms with Crippen LogP contribution in [0.5, 0.6) is 0 Å². The number of anilines is 2. The van der Waals surface area contributed by atoms with E-state index in [1.54, 1.807) is 6.20 Å². The quantitative estimate of drug-likeness (QED) is 0.859. The van der Waals surface area contributed by atoms with E-state index in [-0.39, 0.29) is 5.91 Å². The fraction of sp³-hybridized carbons (Fsp3) is 0.125. The van der Waals surface area contributed by atoms with E-state index in [1.165, 1.54) is 0 Å². The van der Waals surface area contributed by atoms with E-state index >= 15 is 0 Å². The average molecular weight is 263 g/mol. The second-order valence-corrected chi connectivity index (χ2v) is 4.87. The fourth-order valence-corrected chi connectivity index (χ4v) is 2.88. The molecule has 2 aliphatic rings. The monoisotopic (exact) mass is 263 g/mol. The second kappa shape index (κ2) is 3.93. The Morgan fingerprint density at radius 3 is 3.00 bits per heavy atom. The molecule has 0 atom stereocenters. The maximum Gasteiger partial charge on any atom is 0.259 e. The molecule has 0 saturated carbocycles. The maximum atomic E-state index is 12.4. The smallest absolute Gasteiger partial charge is 0.259 e. The molecule has 0 aliphatic carbocycles. The number of fused-ring (bicyclic) bond motifs is 1. The van der Waals surface area contributed by atoms with Crippen LogP contribution in [0.2, 0.25) is 0 Å². The largest absolute Gasteiger partial charge is 0.339 e. The van der Waals surface area contributed by atoms with Gasteiger partial charge < -0.3 is 10.2 Å². The first-order valence-electron chi connectivity index (χ1n) is 6.68. The number of hydrogen-bond acceptors (Lipinski definition) is 3. The van der Waals surface area contributed by atoms with Crippen LogP contribution in [0.1, 0.15) is 28.4 Å². The van der Waals surface area contributed by atoms with Crippen molar-refractivity contribution in [2.75, 3.05) is 11.9 Å². The highest BCUT2D eigenvalue weighted by Crippen LogP contribution is 2.42. The Labute approximate surface area is 116 Å². The summed E-state index contributed by atoms with van der Waals surface area (Å²) in [5.41, 5.74) is 4.64. The number of benzene rings is 1. The van der Waals surface area contributed by atoms with Crippen LogP contribution in [-0.2, 0) is 0 Å². The van der Waals surface area contributed by atoms with Gasteiger partial charge in [-0.1, -0.05) is 6.07 Å². The average Bonchev–Trinajstić information content (AvgIpc) is 2.64. The SMILES string of the molecule is CCN1C(=O)c2cccc3c2C1=Cc1cccnc1N3. The molecule has 3 heterocycles. The lowest BCUT2D eigenvalue weighted by molar-refractivity contribution is 0.0856. The Kier molecular flexibility index (Phi) is 2.21. The normalized spacial score (nSPS) is 15.2. The van der Waals surface area contributed by atoms with Crippen molar-refractivity contribution in [3.8, 4) is 0 Å². The summed E-state index contributed by atoms with van der Waals surface area (Å²) >= 11 is 0. The number of nitrogens with one attached hydrogen (secondary N) is 1. The van der Waals surface area contributed by atoms with Gasteiger partial charge in [-0.15, -0.1) is 0 Å². The molecule has 2 aromatic rings. The number of carbonyl (C=O) groups is 1. The predicted molar refractivity (Wildman–Crippen MR) is 78.5 cm³/mol. The molecule has 1 amide bonds. The number of pyridine rings is 1. The van der Waals surface area contributed by atoms with Crippen molar-refractivity contribution in [2.24, 2.45) is 0 Å². The number of hydrogen-bond donors (Lipinski definition) is 1. The van der Waals surface area contributed by atoms with Gasteiger partial charge in [0, 0.05) is 29.6 Å². The number of aromatic nitrogens is 1. The minimum absolute atomic E-state index is 0.0738. The topological polar surface area (TPSA) is 45.2 Å². The van der Waals surface area contributed by atoms with E-state index in [1.807, 2.05) is 48.2 Å². The molecule has 0 radical (unpaired) electrons. The first-order chi connectivity index (χ1) is 9.79. The minimum atomic E-state index is 0.0738. The summed E-state index contributed by atoms with van der Waals surface area (Å²) in [6, 6.07) is 9.69. The number of carbonyl (C=O) groups excluding carboxylic acids is 1. The lowest BCUT2D eigenvalue weighted by Gasteiger charge is -2.15. The van der Waals surface area contributed by atoms with Crippen LogP contribution in [0.3, 0.4) is 0 Å². The first kappa shape index (κ1) is 11.2. The van der Waals surface area contributed by atoms with Gasteiger partial charge in [0.1, 0.15) is 5.82 Å². The molecule has 0 saturated heterocycles. The Hall–Kier alpha value is -2.62. The highest BCUT2D eigenvalue weighted by atomic mass is 16.2. The van der Waals surface area contributed by atoms with Crippen molar-refractivity contribution in [1.29, 1.82) is 0 Å². The van der Waals surface area contributed by atoms with E-state index in [2.05, 4.69) is 10.3 Å². The Morgan fingerprint density at radius 1 is 1.25 bits per heavy atom. The van der Waals surface area contributed by atoms with Gasteiger partial charge in [0.25, 0.3) is 5.91 Å². The lowest BCUT2D eigenvalue weighted by atomic mass is 10.1. The van der Waals surface area contributed by atoms with Crippen molar-refractivity contribution >= 4 is 29.2 Å². The molecular weight excluding hydrogens is 250 g/mol. The summed E-state index contributed by atoms with van der Waals surface area (Å²) in [4.78, 5) is 18.6. The highest BCUT2D eigenvalue weighted by Gasteiger charge is 2.34. The van der Waals surface area contributed by atoms with Gasteiger partial charge in [-0.3, -0.25) is 4.79 Å². The number of nitrogens with zero attached hydrogens (tertiary/aromatic N) is 2. The van der Waals surface area contributed by atoms with Gasteiger partial charge in [-0.25, -0.2) is 4.98 Å². The molecule has 0 unspecified atom stereocenters. The summed E-state index contributed by atoms with van der Waals surface area (Å²) < 4.78 is 0. The van der Waals surface area contributed by atoms with E-state index in [4.69, 9.17) is 0 Å². The standard InChI is InChI=1S/C16H13N3O/c1-2-19-13-9-10-5-4-8-17-15(10)18-12-7-3-6-11(14(12)13)16(19)20/h3-9H,2H2,1H3,(H,17,18). The van der Waals surface area contributed by atoms with Gasteiger partial charge >= 0.3 is 0 Å².